The lowest BCUT2D eigenvalue weighted by Gasteiger charge is -2.30. The van der Waals surface area contributed by atoms with E-state index in [9.17, 15) is 41.5 Å². The number of imide groups is 1. The van der Waals surface area contributed by atoms with Crippen LogP contribution in [0.4, 0.5) is 38.5 Å². The van der Waals surface area contributed by atoms with E-state index in [0.717, 1.165) is 20.8 Å². The van der Waals surface area contributed by atoms with Crippen molar-refractivity contribution in [2.24, 2.45) is 17.1 Å². The van der Waals surface area contributed by atoms with Gasteiger partial charge >= 0.3 is 18.4 Å². The van der Waals surface area contributed by atoms with E-state index < -0.39 is 64.6 Å². The second kappa shape index (κ2) is 21.0. The van der Waals surface area contributed by atoms with Crippen LogP contribution in [-0.4, -0.2) is 131 Å². The zero-order valence-corrected chi connectivity index (χ0v) is 42.1. The minimum atomic E-state index is -4.85. The monoisotopic (exact) mass is 1020 g/mol. The first kappa shape index (κ1) is 52.6. The van der Waals surface area contributed by atoms with Crippen molar-refractivity contribution in [1.29, 1.82) is 0 Å². The molecule has 2 aliphatic heterocycles. The Morgan fingerprint density at radius 1 is 1.00 bits per heavy atom. The minimum absolute atomic E-state index is 0.0167. The van der Waals surface area contributed by atoms with Crippen molar-refractivity contribution < 1.29 is 55.7 Å². The molecule has 2 aliphatic carbocycles. The number of halogens is 4. The van der Waals surface area contributed by atoms with Gasteiger partial charge in [-0.3, -0.25) is 14.4 Å². The molecule has 392 valence electrons. The SMILES string of the molecule is CCN(CC)CCN(C(=O)OCCN(C)C(=O)OC1CCC(CNc2cc(-n3nc(C(F)(F)F)c4c3CC(C)(C)CC4=O)ccc2C(N)=O)CC1)C(=O)c1c(C)[nH]c(/C=C2/c3cc(F)ccc3NC3OC23)c1C. The molecule has 4 aromatic rings. The molecule has 1 saturated carbocycles. The van der Waals surface area contributed by atoms with Crippen LogP contribution in [0, 0.1) is 31.0 Å². The fourth-order valence-corrected chi connectivity index (χ4v) is 10.2. The number of anilines is 2. The van der Waals surface area contributed by atoms with Crippen LogP contribution in [0.1, 0.15) is 125 Å². The van der Waals surface area contributed by atoms with Gasteiger partial charge in [0.1, 0.15) is 24.6 Å². The maximum atomic E-state index is 14.4. The third kappa shape index (κ3) is 11.4. The molecule has 2 fully saturated rings. The quantitative estimate of drug-likeness (QED) is 0.0615. The number of nitrogens with one attached hydrogen (secondary N) is 3. The Hall–Kier alpha value is -6.74. The maximum Gasteiger partial charge on any atom is 0.435 e. The molecule has 8 rings (SSSR count). The van der Waals surface area contributed by atoms with Gasteiger partial charge in [-0.25, -0.2) is 23.6 Å². The van der Waals surface area contributed by atoms with Gasteiger partial charge in [0.2, 0.25) is 0 Å². The number of aromatic nitrogens is 3. The molecule has 17 nitrogen and oxygen atoms in total. The van der Waals surface area contributed by atoms with Crippen LogP contribution in [0.25, 0.3) is 17.3 Å². The van der Waals surface area contributed by atoms with Crippen molar-refractivity contribution >= 4 is 52.8 Å². The van der Waals surface area contributed by atoms with Gasteiger partial charge in [0, 0.05) is 61.4 Å². The minimum Gasteiger partial charge on any atom is -0.447 e. The number of ketones is 1. The number of likely N-dealkylation sites (N-methyl/N-ethyl adjacent to an activating group) is 2. The number of amides is 4. The summed E-state index contributed by atoms with van der Waals surface area (Å²) in [6.07, 6.45) is -2.90. The van der Waals surface area contributed by atoms with Crippen molar-refractivity contribution in [1.82, 2.24) is 29.5 Å². The van der Waals surface area contributed by atoms with Crippen LogP contribution in [-0.2, 0) is 26.8 Å². The molecule has 4 heterocycles. The Kier molecular flexibility index (Phi) is 15.1. The van der Waals surface area contributed by atoms with Gasteiger partial charge < -0.3 is 45.4 Å². The number of benzene rings is 2. The van der Waals surface area contributed by atoms with E-state index >= 15 is 0 Å². The van der Waals surface area contributed by atoms with Crippen LogP contribution in [0.2, 0.25) is 0 Å². The highest BCUT2D eigenvalue weighted by molar-refractivity contribution is 6.06. The van der Waals surface area contributed by atoms with Crippen LogP contribution < -0.4 is 16.4 Å². The number of primary amides is 1. The first-order valence-corrected chi connectivity index (χ1v) is 24.7. The molecule has 2 unspecified atom stereocenters. The Bertz CT molecular complexity index is 2830. The summed E-state index contributed by atoms with van der Waals surface area (Å²) in [4.78, 5) is 74.6. The molecule has 0 spiro atoms. The highest BCUT2D eigenvalue weighted by Crippen LogP contribution is 2.46. The summed E-state index contributed by atoms with van der Waals surface area (Å²) >= 11 is 0. The van der Waals surface area contributed by atoms with Crippen molar-refractivity contribution in [3.63, 3.8) is 0 Å². The van der Waals surface area contributed by atoms with Gasteiger partial charge in [0.05, 0.1) is 34.6 Å². The maximum absolute atomic E-state index is 14.4. The third-order valence-corrected chi connectivity index (χ3v) is 14.3. The summed E-state index contributed by atoms with van der Waals surface area (Å²) in [5.41, 5.74) is 8.48. The molecule has 2 aromatic carbocycles. The Morgan fingerprint density at radius 3 is 2.41 bits per heavy atom. The summed E-state index contributed by atoms with van der Waals surface area (Å²) in [6, 6.07) is 8.87. The Labute approximate surface area is 420 Å². The second-order valence-corrected chi connectivity index (χ2v) is 20.1. The van der Waals surface area contributed by atoms with Crippen molar-refractivity contribution in [3.05, 3.63) is 92.8 Å². The van der Waals surface area contributed by atoms with Crippen LogP contribution in [0.3, 0.4) is 0 Å². The van der Waals surface area contributed by atoms with Gasteiger partial charge in [-0.05, 0) is 124 Å². The number of H-pyrrole nitrogens is 1. The predicted molar refractivity (Wildman–Crippen MR) is 264 cm³/mol. The van der Waals surface area contributed by atoms with Crippen molar-refractivity contribution in [2.75, 3.05) is 63.6 Å². The summed E-state index contributed by atoms with van der Waals surface area (Å²) in [6.45, 7) is 13.1. The number of aryl methyl sites for hydroxylation is 1. The van der Waals surface area contributed by atoms with Crippen LogP contribution in [0.5, 0.6) is 0 Å². The average Bonchev–Trinajstić information content (AvgIpc) is 3.92. The van der Waals surface area contributed by atoms with Gasteiger partial charge in [-0.15, -0.1) is 0 Å². The number of epoxide rings is 1. The smallest absolute Gasteiger partial charge is 0.435 e. The summed E-state index contributed by atoms with van der Waals surface area (Å²) in [7, 11) is 1.52. The van der Waals surface area contributed by atoms with E-state index in [4.69, 9.17) is 19.9 Å². The number of fused-ring (bicyclic) bond motifs is 3. The van der Waals surface area contributed by atoms with Gasteiger partial charge in [0.25, 0.3) is 11.8 Å². The average molecular weight is 1020 g/mol. The normalized spacial score (nSPS) is 20.4. The molecule has 0 bridgehead atoms. The molecule has 4 aliphatic rings. The van der Waals surface area contributed by atoms with E-state index in [0.29, 0.717) is 85.6 Å². The number of hydrogen-bond donors (Lipinski definition) is 4. The number of nitrogens with two attached hydrogens (primary N) is 1. The number of carbonyl (C=O) groups is 5. The highest BCUT2D eigenvalue weighted by atomic mass is 19.4. The van der Waals surface area contributed by atoms with E-state index in [1.54, 1.807) is 19.9 Å². The molecule has 21 heteroatoms. The Morgan fingerprint density at radius 2 is 1.73 bits per heavy atom. The number of carbonyl (C=O) groups excluding carboxylic acids is 5. The first-order valence-electron chi connectivity index (χ1n) is 24.7. The molecular weight excluding hydrogens is 955 g/mol. The predicted octanol–water partition coefficient (Wildman–Crippen LogP) is 8.58. The summed E-state index contributed by atoms with van der Waals surface area (Å²) in [5.74, 6) is -2.22. The van der Waals surface area contributed by atoms with Gasteiger partial charge in [-0.2, -0.15) is 18.3 Å². The number of aromatic amines is 1. The first-order chi connectivity index (χ1) is 34.6. The zero-order chi connectivity index (χ0) is 52.7. The molecular formula is C52H63F4N9O8. The molecule has 1 saturated heterocycles. The van der Waals surface area contributed by atoms with E-state index in [1.807, 2.05) is 33.8 Å². The molecule has 0 radical (unpaired) electrons. The standard InChI is InChI=1S/C52H63F4N9O8/c1-8-63(9-2)18-19-64(48(68)42-28(3)38(59-29(42)4)24-36-35-22-31(53)12-17-37(35)60-47-44(36)73-47)50(70)71-21-20-62(7)49(69)72-33-14-10-30(11-15-33)27-58-39-23-32(13-16-34(39)46(57)67)65-40-25-51(5,6)26-41(66)43(40)45(61-65)52(54,55)56/h12-13,16-17,22-24,30,33,44,47,58-60H,8-11,14-15,18-21,25-27H2,1-7H3,(H2,57,67)/b36-24-. The number of alkyl halides is 3. The second-order valence-electron chi connectivity index (χ2n) is 20.1. The topological polar surface area (TPSA) is 210 Å². The fraction of sp³-hybridized carbons (Fsp3) is 0.500. The number of Topliss-reactive ketones (excluding diaryl/α,β-unsaturated/α-hetero) is 1. The summed E-state index contributed by atoms with van der Waals surface area (Å²) < 4.78 is 75.2. The van der Waals surface area contributed by atoms with Crippen LogP contribution >= 0.6 is 0 Å². The highest BCUT2D eigenvalue weighted by Gasteiger charge is 2.48. The Balaban J connectivity index is 0.853. The van der Waals surface area contributed by atoms with Gasteiger partial charge in [0.15, 0.2) is 17.7 Å². The van der Waals surface area contributed by atoms with E-state index in [2.05, 4.69) is 25.6 Å². The number of nitrogens with zero attached hydrogens (tertiary/aromatic N) is 5. The zero-order valence-electron chi connectivity index (χ0n) is 42.1. The number of hydrogen-bond acceptors (Lipinski definition) is 12. The van der Waals surface area contributed by atoms with E-state index in [-0.39, 0.29) is 67.7 Å². The lowest BCUT2D eigenvalue weighted by Crippen LogP contribution is -2.44. The largest absolute Gasteiger partial charge is 0.447 e. The van der Waals surface area contributed by atoms with E-state index in [1.165, 1.54) is 42.3 Å². The lowest BCUT2D eigenvalue weighted by molar-refractivity contribution is -0.141. The van der Waals surface area contributed by atoms with Crippen LogP contribution in [0.15, 0.2) is 36.4 Å². The third-order valence-electron chi connectivity index (χ3n) is 14.3. The number of rotatable bonds is 16. The molecule has 5 N–H and O–H groups in total. The fourth-order valence-electron chi connectivity index (χ4n) is 10.2. The molecule has 2 aromatic heterocycles. The van der Waals surface area contributed by atoms with Crippen molar-refractivity contribution in [2.45, 2.75) is 105 Å². The lowest BCUT2D eigenvalue weighted by atomic mass is 9.75. The van der Waals surface area contributed by atoms with Crippen molar-refractivity contribution in [3.8, 4) is 5.69 Å². The number of ether oxygens (including phenoxy) is 3. The summed E-state index contributed by atoms with van der Waals surface area (Å²) in [5, 5.41) is 10.4. The molecule has 2 atom stereocenters. The molecule has 4 amide bonds. The molecule has 73 heavy (non-hydrogen) atoms. The van der Waals surface area contributed by atoms with Gasteiger partial charge in [-0.1, -0.05) is 27.7 Å².